The van der Waals surface area contributed by atoms with Crippen molar-refractivity contribution in [1.29, 1.82) is 0 Å². The van der Waals surface area contributed by atoms with Crippen LogP contribution in [0.2, 0.25) is 0 Å². The van der Waals surface area contributed by atoms with Gasteiger partial charge in [0.05, 0.1) is 5.52 Å². The predicted molar refractivity (Wildman–Crippen MR) is 52.9 cm³/mol. The number of hydrogen-bond acceptors (Lipinski definition) is 2. The molecule has 0 saturated carbocycles. The fraction of sp³-hybridized carbons (Fsp3) is 0.111. The van der Waals surface area contributed by atoms with Gasteiger partial charge in [0, 0.05) is 6.92 Å². The van der Waals surface area contributed by atoms with Gasteiger partial charge in [-0.05, 0) is 28.1 Å². The molecular formula is C9H6BrFN2O. The Kier molecular flexibility index (Phi) is 2.11. The van der Waals surface area contributed by atoms with Crippen LogP contribution >= 0.6 is 15.9 Å². The second-order valence-electron chi connectivity index (χ2n) is 2.85. The molecule has 3 nitrogen and oxygen atoms in total. The fourth-order valence-electron chi connectivity index (χ4n) is 1.30. The van der Waals surface area contributed by atoms with E-state index in [1.54, 1.807) is 12.1 Å². The van der Waals surface area contributed by atoms with Crippen LogP contribution in [0.3, 0.4) is 0 Å². The molecule has 0 bridgehead atoms. The molecule has 0 unspecified atom stereocenters. The van der Waals surface area contributed by atoms with Crippen molar-refractivity contribution in [2.24, 2.45) is 0 Å². The van der Waals surface area contributed by atoms with Crippen molar-refractivity contribution in [3.63, 3.8) is 0 Å². The van der Waals surface area contributed by atoms with Crippen LogP contribution in [0.4, 0.5) is 4.39 Å². The summed E-state index contributed by atoms with van der Waals surface area (Å²) in [6.45, 7) is 1.35. The molecule has 72 valence electrons. The number of Topliss-reactive ketones (excluding diaryl/α,β-unsaturated/α-hetero) is 1. The minimum absolute atomic E-state index is 0.102. The molecule has 2 aromatic rings. The van der Waals surface area contributed by atoms with Crippen molar-refractivity contribution >= 4 is 27.2 Å². The fourth-order valence-corrected chi connectivity index (χ4v) is 1.77. The topological polar surface area (TPSA) is 34.4 Å². The Morgan fingerprint density at radius 1 is 1.57 bits per heavy atom. The molecule has 0 aromatic carbocycles. The van der Waals surface area contributed by atoms with Gasteiger partial charge >= 0.3 is 0 Å². The first-order valence-corrected chi connectivity index (χ1v) is 4.74. The van der Waals surface area contributed by atoms with Gasteiger partial charge in [-0.1, -0.05) is 6.07 Å². The predicted octanol–water partition coefficient (Wildman–Crippen LogP) is 2.44. The van der Waals surface area contributed by atoms with Crippen molar-refractivity contribution in [3.05, 3.63) is 34.6 Å². The summed E-state index contributed by atoms with van der Waals surface area (Å²) < 4.78 is 15.0. The monoisotopic (exact) mass is 256 g/mol. The van der Waals surface area contributed by atoms with Gasteiger partial charge < -0.3 is 0 Å². The highest BCUT2D eigenvalue weighted by Crippen LogP contribution is 2.20. The van der Waals surface area contributed by atoms with E-state index in [9.17, 15) is 9.18 Å². The molecule has 2 heterocycles. The zero-order chi connectivity index (χ0) is 10.3. The van der Waals surface area contributed by atoms with E-state index in [0.717, 1.165) is 0 Å². The average molecular weight is 257 g/mol. The van der Waals surface area contributed by atoms with Crippen LogP contribution in [0.5, 0.6) is 0 Å². The molecule has 14 heavy (non-hydrogen) atoms. The lowest BCUT2D eigenvalue weighted by molar-refractivity contribution is 0.100. The molecule has 0 spiro atoms. The summed E-state index contributed by atoms with van der Waals surface area (Å²) >= 11 is 3.17. The Morgan fingerprint density at radius 2 is 2.29 bits per heavy atom. The van der Waals surface area contributed by atoms with Crippen LogP contribution in [-0.2, 0) is 0 Å². The first kappa shape index (κ1) is 9.33. The van der Waals surface area contributed by atoms with Gasteiger partial charge in [-0.3, -0.25) is 9.20 Å². The number of aromatic nitrogens is 2. The minimum Gasteiger partial charge on any atom is -0.291 e. The van der Waals surface area contributed by atoms with Crippen molar-refractivity contribution in [1.82, 2.24) is 9.38 Å². The van der Waals surface area contributed by atoms with E-state index in [1.165, 1.54) is 17.4 Å². The number of imidazole rings is 1. The number of carbonyl (C=O) groups excluding carboxylic acids is 1. The molecule has 0 saturated heterocycles. The highest BCUT2D eigenvalue weighted by molar-refractivity contribution is 9.10. The van der Waals surface area contributed by atoms with Crippen LogP contribution in [0, 0.1) is 5.95 Å². The summed E-state index contributed by atoms with van der Waals surface area (Å²) in [5, 5.41) is 0. The highest BCUT2D eigenvalue weighted by atomic mass is 79.9. The number of rotatable bonds is 1. The molecule has 0 radical (unpaired) electrons. The zero-order valence-electron chi connectivity index (χ0n) is 7.29. The summed E-state index contributed by atoms with van der Waals surface area (Å²) in [5.41, 5.74) is 0.551. The standard InChI is InChI=1S/C9H6BrFN2O/c1-5(14)9-12-8(10)6-3-2-4-7(11)13(6)9/h2-4H,1H3. The Morgan fingerprint density at radius 3 is 2.93 bits per heavy atom. The number of ketones is 1. The van der Waals surface area contributed by atoms with Crippen molar-refractivity contribution in [2.45, 2.75) is 6.92 Å². The van der Waals surface area contributed by atoms with E-state index < -0.39 is 5.95 Å². The first-order valence-electron chi connectivity index (χ1n) is 3.94. The Hall–Kier alpha value is -1.23. The summed E-state index contributed by atoms with van der Waals surface area (Å²) in [6.07, 6.45) is 0. The highest BCUT2D eigenvalue weighted by Gasteiger charge is 2.14. The molecule has 0 N–H and O–H groups in total. The summed E-state index contributed by atoms with van der Waals surface area (Å²) in [5.74, 6) is -0.660. The Bertz CT molecular complexity index is 521. The number of fused-ring (bicyclic) bond motifs is 1. The SMILES string of the molecule is CC(=O)c1nc(Br)c2cccc(F)n12. The van der Waals surface area contributed by atoms with Gasteiger partial charge in [-0.15, -0.1) is 0 Å². The molecular weight excluding hydrogens is 251 g/mol. The molecule has 0 atom stereocenters. The van der Waals surface area contributed by atoms with E-state index in [1.807, 2.05) is 0 Å². The van der Waals surface area contributed by atoms with Crippen LogP contribution in [0.25, 0.3) is 5.52 Å². The third-order valence-corrected chi connectivity index (χ3v) is 2.47. The number of carbonyl (C=O) groups is 1. The average Bonchev–Trinajstić information content (AvgIpc) is 2.46. The van der Waals surface area contributed by atoms with E-state index in [0.29, 0.717) is 10.1 Å². The van der Waals surface area contributed by atoms with Crippen LogP contribution in [-0.4, -0.2) is 15.2 Å². The largest absolute Gasteiger partial charge is 0.291 e. The van der Waals surface area contributed by atoms with E-state index >= 15 is 0 Å². The summed E-state index contributed by atoms with van der Waals surface area (Å²) in [6, 6.07) is 4.54. The number of hydrogen-bond donors (Lipinski definition) is 0. The lowest BCUT2D eigenvalue weighted by atomic mass is 10.4. The maximum absolute atomic E-state index is 13.4. The van der Waals surface area contributed by atoms with Crippen LogP contribution < -0.4 is 0 Å². The smallest absolute Gasteiger partial charge is 0.200 e. The minimum atomic E-state index is -0.495. The van der Waals surface area contributed by atoms with E-state index in [2.05, 4.69) is 20.9 Å². The second-order valence-corrected chi connectivity index (χ2v) is 3.60. The summed E-state index contributed by atoms with van der Waals surface area (Å²) in [7, 11) is 0. The number of nitrogens with zero attached hydrogens (tertiary/aromatic N) is 2. The molecule has 0 fully saturated rings. The van der Waals surface area contributed by atoms with E-state index in [4.69, 9.17) is 0 Å². The number of pyridine rings is 1. The van der Waals surface area contributed by atoms with Gasteiger partial charge in [-0.2, -0.15) is 4.39 Å². The molecule has 0 amide bonds. The Labute approximate surface area is 87.7 Å². The van der Waals surface area contributed by atoms with Gasteiger partial charge in [0.15, 0.2) is 17.6 Å². The molecule has 2 rings (SSSR count). The second kappa shape index (κ2) is 3.16. The maximum atomic E-state index is 13.4. The van der Waals surface area contributed by atoms with Crippen molar-refractivity contribution in [3.8, 4) is 0 Å². The molecule has 5 heteroatoms. The zero-order valence-corrected chi connectivity index (χ0v) is 8.88. The molecule has 0 aliphatic carbocycles. The van der Waals surface area contributed by atoms with Gasteiger partial charge in [0.25, 0.3) is 0 Å². The molecule has 2 aromatic heterocycles. The lowest BCUT2D eigenvalue weighted by Crippen LogP contribution is -2.03. The van der Waals surface area contributed by atoms with Crippen molar-refractivity contribution in [2.75, 3.05) is 0 Å². The number of halogens is 2. The van der Waals surface area contributed by atoms with E-state index in [-0.39, 0.29) is 11.6 Å². The molecule has 0 aliphatic heterocycles. The summed E-state index contributed by atoms with van der Waals surface area (Å²) in [4.78, 5) is 15.1. The lowest BCUT2D eigenvalue weighted by Gasteiger charge is -1.98. The van der Waals surface area contributed by atoms with Crippen LogP contribution in [0.15, 0.2) is 22.8 Å². The quantitative estimate of drug-likeness (QED) is 0.580. The normalized spacial score (nSPS) is 10.8. The van der Waals surface area contributed by atoms with Crippen LogP contribution in [0.1, 0.15) is 17.5 Å². The van der Waals surface area contributed by atoms with Crippen molar-refractivity contribution < 1.29 is 9.18 Å². The third kappa shape index (κ3) is 1.24. The Balaban J connectivity index is 2.93. The third-order valence-electron chi connectivity index (χ3n) is 1.88. The molecule has 0 aliphatic rings. The van der Waals surface area contributed by atoms with Gasteiger partial charge in [0.1, 0.15) is 4.60 Å². The maximum Gasteiger partial charge on any atom is 0.200 e. The van der Waals surface area contributed by atoms with Gasteiger partial charge in [0.2, 0.25) is 0 Å². The van der Waals surface area contributed by atoms with Gasteiger partial charge in [-0.25, -0.2) is 4.98 Å². The first-order chi connectivity index (χ1) is 6.61.